The molecule has 2 bridgehead atoms. The van der Waals surface area contributed by atoms with Crippen LogP contribution in [0.5, 0.6) is 0 Å². The standard InChI is InChI=1S/C19H25NO3/c21-19(17-11-15-8-9-18(17)23-15)20(13-16-7-4-10-22-16)12-14-5-2-1-3-6-14/h1-3,5-6,15-18H,4,7-13H2/t15-,16-,17+,18-/m1/s1. The average Bonchev–Trinajstić information content (AvgIpc) is 3.32. The number of carbonyl (C=O) groups is 1. The third kappa shape index (κ3) is 3.29. The number of hydrogen-bond acceptors (Lipinski definition) is 3. The summed E-state index contributed by atoms with van der Waals surface area (Å²) in [5, 5.41) is 0. The number of hydrogen-bond donors (Lipinski definition) is 0. The molecule has 0 unspecified atom stereocenters. The first-order chi connectivity index (χ1) is 11.3. The summed E-state index contributed by atoms with van der Waals surface area (Å²) in [5.41, 5.74) is 1.18. The summed E-state index contributed by atoms with van der Waals surface area (Å²) in [6.07, 6.45) is 5.90. The first-order valence-corrected chi connectivity index (χ1v) is 8.89. The van der Waals surface area contributed by atoms with Gasteiger partial charge in [-0.1, -0.05) is 30.3 Å². The average molecular weight is 315 g/mol. The first kappa shape index (κ1) is 15.2. The Balaban J connectivity index is 1.48. The van der Waals surface area contributed by atoms with Crippen LogP contribution in [0.25, 0.3) is 0 Å². The molecule has 3 aliphatic rings. The van der Waals surface area contributed by atoms with Crippen LogP contribution in [-0.2, 0) is 20.8 Å². The van der Waals surface area contributed by atoms with E-state index in [0.29, 0.717) is 19.2 Å². The lowest BCUT2D eigenvalue weighted by Gasteiger charge is -2.30. The number of amides is 1. The van der Waals surface area contributed by atoms with Crippen LogP contribution < -0.4 is 0 Å². The van der Waals surface area contributed by atoms with Crippen LogP contribution >= 0.6 is 0 Å². The largest absolute Gasteiger partial charge is 0.376 e. The smallest absolute Gasteiger partial charge is 0.228 e. The van der Waals surface area contributed by atoms with Crippen molar-refractivity contribution in [2.45, 2.75) is 57.0 Å². The summed E-state index contributed by atoms with van der Waals surface area (Å²) < 4.78 is 11.7. The third-order valence-electron chi connectivity index (χ3n) is 5.40. The van der Waals surface area contributed by atoms with Crippen LogP contribution in [0.15, 0.2) is 30.3 Å². The van der Waals surface area contributed by atoms with E-state index in [2.05, 4.69) is 12.1 Å². The highest BCUT2D eigenvalue weighted by atomic mass is 16.5. The minimum absolute atomic E-state index is 0.0545. The van der Waals surface area contributed by atoms with Gasteiger partial charge in [0.15, 0.2) is 0 Å². The molecule has 3 heterocycles. The van der Waals surface area contributed by atoms with Crippen molar-refractivity contribution < 1.29 is 14.3 Å². The van der Waals surface area contributed by atoms with Gasteiger partial charge in [-0.15, -0.1) is 0 Å². The van der Waals surface area contributed by atoms with E-state index in [-0.39, 0.29) is 24.0 Å². The molecule has 0 aromatic heterocycles. The predicted octanol–water partition coefficient (Wildman–Crippen LogP) is 2.76. The molecule has 4 atom stereocenters. The van der Waals surface area contributed by atoms with Crippen molar-refractivity contribution in [3.63, 3.8) is 0 Å². The number of benzene rings is 1. The second kappa shape index (κ2) is 6.62. The van der Waals surface area contributed by atoms with Gasteiger partial charge >= 0.3 is 0 Å². The van der Waals surface area contributed by atoms with Crippen LogP contribution in [-0.4, -0.2) is 42.3 Å². The predicted molar refractivity (Wildman–Crippen MR) is 86.8 cm³/mol. The highest BCUT2D eigenvalue weighted by Gasteiger charge is 2.46. The number of fused-ring (bicyclic) bond motifs is 2. The summed E-state index contributed by atoms with van der Waals surface area (Å²) in [5.74, 6) is 0.315. The zero-order chi connectivity index (χ0) is 15.6. The molecule has 0 spiro atoms. The van der Waals surface area contributed by atoms with Gasteiger partial charge in [0, 0.05) is 19.7 Å². The molecule has 4 heteroatoms. The molecule has 0 saturated carbocycles. The van der Waals surface area contributed by atoms with E-state index in [9.17, 15) is 4.79 Å². The molecule has 3 aliphatic heterocycles. The fourth-order valence-electron chi connectivity index (χ4n) is 4.20. The van der Waals surface area contributed by atoms with Gasteiger partial charge in [0.25, 0.3) is 0 Å². The maximum Gasteiger partial charge on any atom is 0.228 e. The van der Waals surface area contributed by atoms with E-state index in [4.69, 9.17) is 9.47 Å². The molecule has 1 aromatic carbocycles. The quantitative estimate of drug-likeness (QED) is 0.838. The Morgan fingerprint density at radius 3 is 2.70 bits per heavy atom. The fourth-order valence-corrected chi connectivity index (χ4v) is 4.20. The molecule has 0 N–H and O–H groups in total. The van der Waals surface area contributed by atoms with Crippen molar-refractivity contribution in [1.82, 2.24) is 4.90 Å². The van der Waals surface area contributed by atoms with Crippen molar-refractivity contribution in [3.05, 3.63) is 35.9 Å². The molecule has 0 radical (unpaired) electrons. The van der Waals surface area contributed by atoms with Crippen molar-refractivity contribution in [1.29, 1.82) is 0 Å². The topological polar surface area (TPSA) is 38.8 Å². The Labute approximate surface area is 137 Å². The molecule has 3 saturated heterocycles. The highest BCUT2D eigenvalue weighted by molar-refractivity contribution is 5.80. The molecular weight excluding hydrogens is 290 g/mol. The zero-order valence-corrected chi connectivity index (χ0v) is 13.5. The van der Waals surface area contributed by atoms with Crippen LogP contribution in [0, 0.1) is 5.92 Å². The molecular formula is C19H25NO3. The second-order valence-electron chi connectivity index (χ2n) is 7.06. The summed E-state index contributed by atoms with van der Waals surface area (Å²) >= 11 is 0. The minimum Gasteiger partial charge on any atom is -0.376 e. The van der Waals surface area contributed by atoms with Gasteiger partial charge in [-0.25, -0.2) is 0 Å². The van der Waals surface area contributed by atoms with E-state index < -0.39 is 0 Å². The van der Waals surface area contributed by atoms with Gasteiger partial charge in [-0.2, -0.15) is 0 Å². The summed E-state index contributed by atoms with van der Waals surface area (Å²) in [4.78, 5) is 15.1. The minimum atomic E-state index is 0.0545. The maximum absolute atomic E-state index is 13.1. The molecule has 4 rings (SSSR count). The Bertz CT molecular complexity index is 541. The Morgan fingerprint density at radius 1 is 1.17 bits per heavy atom. The molecule has 1 aromatic rings. The molecule has 124 valence electrons. The van der Waals surface area contributed by atoms with Crippen molar-refractivity contribution in [2.24, 2.45) is 5.92 Å². The van der Waals surface area contributed by atoms with E-state index in [1.54, 1.807) is 0 Å². The highest BCUT2D eigenvalue weighted by Crippen LogP contribution is 2.40. The summed E-state index contributed by atoms with van der Waals surface area (Å²) in [6, 6.07) is 10.3. The fraction of sp³-hybridized carbons (Fsp3) is 0.632. The Kier molecular flexibility index (Phi) is 4.36. The molecule has 23 heavy (non-hydrogen) atoms. The SMILES string of the molecule is O=C([C@H]1C[C@H]2CC[C@H]1O2)N(Cc1ccccc1)C[C@H]1CCCO1. The summed E-state index contributed by atoms with van der Waals surface area (Å²) in [6.45, 7) is 2.21. The number of rotatable bonds is 5. The van der Waals surface area contributed by atoms with Gasteiger partial charge < -0.3 is 14.4 Å². The molecule has 3 fully saturated rings. The van der Waals surface area contributed by atoms with Gasteiger partial charge in [-0.05, 0) is 37.7 Å². The van der Waals surface area contributed by atoms with Crippen LogP contribution in [0.4, 0.5) is 0 Å². The van der Waals surface area contributed by atoms with Crippen LogP contribution in [0.2, 0.25) is 0 Å². The third-order valence-corrected chi connectivity index (χ3v) is 5.40. The van der Waals surface area contributed by atoms with E-state index in [0.717, 1.165) is 38.7 Å². The Morgan fingerprint density at radius 2 is 2.04 bits per heavy atom. The van der Waals surface area contributed by atoms with E-state index in [1.165, 1.54) is 5.56 Å². The zero-order valence-electron chi connectivity index (χ0n) is 13.5. The molecule has 0 aliphatic carbocycles. The van der Waals surface area contributed by atoms with Gasteiger partial charge in [0.05, 0.1) is 24.2 Å². The number of carbonyl (C=O) groups excluding carboxylic acids is 1. The van der Waals surface area contributed by atoms with E-state index in [1.807, 2.05) is 23.1 Å². The Hall–Kier alpha value is -1.39. The molecule has 4 nitrogen and oxygen atoms in total. The monoisotopic (exact) mass is 315 g/mol. The number of nitrogens with zero attached hydrogens (tertiary/aromatic N) is 1. The normalized spacial score (nSPS) is 32.3. The summed E-state index contributed by atoms with van der Waals surface area (Å²) in [7, 11) is 0. The first-order valence-electron chi connectivity index (χ1n) is 8.89. The van der Waals surface area contributed by atoms with Gasteiger partial charge in [0.2, 0.25) is 5.91 Å². The molecule has 1 amide bonds. The maximum atomic E-state index is 13.1. The lowest BCUT2D eigenvalue weighted by molar-refractivity contribution is -0.139. The van der Waals surface area contributed by atoms with Gasteiger partial charge in [-0.3, -0.25) is 4.79 Å². The van der Waals surface area contributed by atoms with E-state index >= 15 is 0 Å². The van der Waals surface area contributed by atoms with Crippen molar-refractivity contribution in [3.8, 4) is 0 Å². The van der Waals surface area contributed by atoms with Crippen LogP contribution in [0.3, 0.4) is 0 Å². The lowest BCUT2D eigenvalue weighted by Crippen LogP contribution is -2.43. The second-order valence-corrected chi connectivity index (χ2v) is 7.06. The number of ether oxygens (including phenoxy) is 2. The lowest BCUT2D eigenvalue weighted by atomic mass is 9.88. The van der Waals surface area contributed by atoms with Crippen LogP contribution in [0.1, 0.15) is 37.7 Å². The van der Waals surface area contributed by atoms with Gasteiger partial charge in [0.1, 0.15) is 0 Å². The van der Waals surface area contributed by atoms with Crippen molar-refractivity contribution >= 4 is 5.91 Å². The van der Waals surface area contributed by atoms with Crippen molar-refractivity contribution in [2.75, 3.05) is 13.2 Å².